The fourth-order valence-electron chi connectivity index (χ4n) is 4.75. The highest BCUT2D eigenvalue weighted by Crippen LogP contribution is 2.49. The number of nitrogens with two attached hydrogens (primary N) is 1. The van der Waals surface area contributed by atoms with E-state index in [2.05, 4.69) is 15.2 Å². The second-order valence-electron chi connectivity index (χ2n) is 10.8. The quantitative estimate of drug-likeness (QED) is 0.156. The van der Waals surface area contributed by atoms with Gasteiger partial charge in [0, 0.05) is 0 Å². The summed E-state index contributed by atoms with van der Waals surface area (Å²) in [7, 11) is -4.19. The molecule has 0 spiro atoms. The Bertz CT molecular complexity index is 1400. The first-order valence-corrected chi connectivity index (χ1v) is 15.5. The van der Waals surface area contributed by atoms with Gasteiger partial charge in [0.25, 0.3) is 0 Å². The van der Waals surface area contributed by atoms with E-state index in [1.54, 1.807) is 24.3 Å². The van der Waals surface area contributed by atoms with E-state index in [1.165, 1.54) is 24.7 Å². The van der Waals surface area contributed by atoms with E-state index in [-0.39, 0.29) is 37.3 Å². The number of benzene rings is 1. The zero-order valence-electron chi connectivity index (χ0n) is 24.3. The highest BCUT2D eigenvalue weighted by molar-refractivity contribution is 7.51. The minimum atomic E-state index is -4.19. The van der Waals surface area contributed by atoms with Crippen molar-refractivity contribution in [2.24, 2.45) is 5.92 Å². The molecule has 5 atom stereocenters. The van der Waals surface area contributed by atoms with Crippen molar-refractivity contribution in [2.45, 2.75) is 70.5 Å². The average Bonchev–Trinajstić information content (AvgIpc) is 3.53. The van der Waals surface area contributed by atoms with Crippen molar-refractivity contribution in [1.82, 2.24) is 19.7 Å². The molecule has 3 aromatic rings. The van der Waals surface area contributed by atoms with E-state index in [9.17, 15) is 19.6 Å². The summed E-state index contributed by atoms with van der Waals surface area (Å²) in [5, 5.41) is 29.7. The smallest absolute Gasteiger partial charge is 0.406 e. The van der Waals surface area contributed by atoms with E-state index in [4.69, 9.17) is 24.3 Å². The van der Waals surface area contributed by atoms with Crippen molar-refractivity contribution in [2.75, 3.05) is 25.6 Å². The third kappa shape index (κ3) is 6.84. The summed E-state index contributed by atoms with van der Waals surface area (Å²) in [6.45, 7) is 6.46. The first-order valence-electron chi connectivity index (χ1n) is 13.9. The minimum absolute atomic E-state index is 0.0814. The predicted octanol–water partition coefficient (Wildman–Crippen LogP) is 2.95. The van der Waals surface area contributed by atoms with Crippen LogP contribution >= 0.6 is 7.75 Å². The summed E-state index contributed by atoms with van der Waals surface area (Å²) in [5.74, 6) is -0.179. The predicted molar refractivity (Wildman–Crippen MR) is 154 cm³/mol. The summed E-state index contributed by atoms with van der Waals surface area (Å²) in [6.07, 6.45) is 1.42. The fourth-order valence-corrected chi connectivity index (χ4v) is 6.30. The van der Waals surface area contributed by atoms with Crippen LogP contribution in [0.2, 0.25) is 0 Å². The third-order valence-corrected chi connectivity index (χ3v) is 9.31. The van der Waals surface area contributed by atoms with E-state index >= 15 is 0 Å². The lowest BCUT2D eigenvalue weighted by Gasteiger charge is -2.33. The second kappa shape index (κ2) is 13.2. The van der Waals surface area contributed by atoms with Crippen LogP contribution < -0.4 is 10.8 Å². The highest BCUT2D eigenvalue weighted by atomic mass is 31.2. The van der Waals surface area contributed by atoms with Crippen molar-refractivity contribution in [3.63, 3.8) is 0 Å². The van der Waals surface area contributed by atoms with Gasteiger partial charge in [0.2, 0.25) is 0 Å². The van der Waals surface area contributed by atoms with Crippen LogP contribution in [0.25, 0.3) is 5.52 Å². The number of hydrogen-bond donors (Lipinski definition) is 4. The van der Waals surface area contributed by atoms with Crippen LogP contribution in [0.1, 0.15) is 51.8 Å². The minimum Gasteiger partial charge on any atom is -0.464 e. The molecule has 14 heteroatoms. The molecule has 3 heterocycles. The molecule has 2 aromatic heterocycles. The maximum absolute atomic E-state index is 14.0. The summed E-state index contributed by atoms with van der Waals surface area (Å²) in [6, 6.07) is 11.2. The Balaban J connectivity index is 1.50. The lowest BCUT2D eigenvalue weighted by atomic mass is 9.86. The number of anilines is 1. The lowest BCUT2D eigenvalue weighted by Crippen LogP contribution is -2.50. The van der Waals surface area contributed by atoms with Gasteiger partial charge in [0.15, 0.2) is 11.4 Å². The van der Waals surface area contributed by atoms with Crippen LogP contribution in [0.5, 0.6) is 0 Å². The molecule has 0 saturated carbocycles. The Labute approximate surface area is 244 Å². The van der Waals surface area contributed by atoms with Crippen molar-refractivity contribution in [3.8, 4) is 0 Å². The number of nitrogens with zero attached hydrogens (tertiary/aromatic N) is 3. The Morgan fingerprint density at radius 3 is 2.64 bits per heavy atom. The second-order valence-corrected chi connectivity index (χ2v) is 12.6. The molecule has 0 radical (unpaired) electrons. The van der Waals surface area contributed by atoms with Gasteiger partial charge in [-0.3, -0.25) is 13.8 Å². The van der Waals surface area contributed by atoms with Gasteiger partial charge in [-0.25, -0.2) is 19.2 Å². The van der Waals surface area contributed by atoms with E-state index in [0.717, 1.165) is 18.4 Å². The molecule has 0 bridgehead atoms. The molecule has 4 rings (SSSR count). The topological polar surface area (TPSA) is 180 Å². The summed E-state index contributed by atoms with van der Waals surface area (Å²) in [5.41, 5.74) is 3.91. The summed E-state index contributed by atoms with van der Waals surface area (Å²) < 4.78 is 38.1. The maximum Gasteiger partial charge on any atom is 0.406 e. The molecule has 0 amide bonds. The largest absolute Gasteiger partial charge is 0.464 e. The van der Waals surface area contributed by atoms with Crippen LogP contribution in [0.4, 0.5) is 5.82 Å². The number of esters is 1. The Hall–Kier alpha value is -2.90. The molecule has 0 aliphatic carbocycles. The third-order valence-electron chi connectivity index (χ3n) is 7.66. The average molecular weight is 606 g/mol. The van der Waals surface area contributed by atoms with Crippen molar-refractivity contribution in [1.29, 1.82) is 0 Å². The first-order chi connectivity index (χ1) is 19.9. The Kier molecular flexibility index (Phi) is 10.0. The number of ether oxygens (including phenoxy) is 2. The molecular formula is C28H40N5O8P. The number of aliphatic hydroxyl groups is 2. The van der Waals surface area contributed by atoms with Gasteiger partial charge in [0.1, 0.15) is 29.6 Å². The number of fused-ring (bicyclic) bond motifs is 1. The van der Waals surface area contributed by atoms with Crippen molar-refractivity contribution >= 4 is 25.1 Å². The molecular weight excluding hydrogens is 565 g/mol. The molecule has 1 aromatic carbocycles. The standard InChI is InChI=1S/C28H40N5O8P/c1-5-20(6-2)14-38-25(34)19(3)32-42(37,40-15-21-10-8-7-9-11-21)41-16-27(4)26(35)28(36,17-39-27)23-13-12-22-24(29)30-18-31-33(22)23/h7-13,18-20,26,35-36H,5-6,14-17H2,1-4H3,(H,32,37)(H2,29,30,31)/t19-,26+,27+,28+,42?/m0/s1. The van der Waals surface area contributed by atoms with Gasteiger partial charge in [-0.05, 0) is 37.5 Å². The lowest BCUT2D eigenvalue weighted by molar-refractivity contribution is -0.146. The maximum atomic E-state index is 14.0. The fraction of sp³-hybridized carbons (Fsp3) is 0.536. The number of nitrogen functional groups attached to an aromatic ring is 1. The number of aliphatic hydroxyl groups excluding tert-OH is 1. The number of rotatable bonds is 14. The van der Waals surface area contributed by atoms with Crippen LogP contribution in [-0.2, 0) is 40.1 Å². The van der Waals surface area contributed by atoms with Crippen molar-refractivity contribution in [3.05, 3.63) is 60.0 Å². The monoisotopic (exact) mass is 605 g/mol. The molecule has 1 fully saturated rings. The Morgan fingerprint density at radius 1 is 1.24 bits per heavy atom. The molecule has 5 N–H and O–H groups in total. The molecule has 1 unspecified atom stereocenters. The SMILES string of the molecule is CCC(CC)COC(=O)[C@H](C)NP(=O)(OCc1ccccc1)OC[C@@]1(C)OC[C@@](O)(c2ccc3c(N)ncnn23)[C@@H]1O. The van der Waals surface area contributed by atoms with Gasteiger partial charge in [-0.1, -0.05) is 57.0 Å². The zero-order valence-corrected chi connectivity index (χ0v) is 25.2. The van der Waals surface area contributed by atoms with Gasteiger partial charge in [-0.2, -0.15) is 5.10 Å². The normalized spacial score (nSPS) is 24.6. The van der Waals surface area contributed by atoms with Crippen LogP contribution in [0.15, 0.2) is 48.8 Å². The zero-order chi connectivity index (χ0) is 30.5. The molecule has 1 aliphatic heterocycles. The molecule has 230 valence electrons. The first kappa shape index (κ1) is 32.0. The number of carbonyl (C=O) groups is 1. The Morgan fingerprint density at radius 2 is 1.95 bits per heavy atom. The number of carbonyl (C=O) groups excluding carboxylic acids is 1. The number of hydrogen-bond acceptors (Lipinski definition) is 11. The molecule has 42 heavy (non-hydrogen) atoms. The van der Waals surface area contributed by atoms with Crippen LogP contribution in [0.3, 0.4) is 0 Å². The summed E-state index contributed by atoms with van der Waals surface area (Å²) in [4.78, 5) is 16.7. The van der Waals surface area contributed by atoms with E-state index in [1.807, 2.05) is 32.0 Å². The van der Waals surface area contributed by atoms with Crippen LogP contribution in [-0.4, -0.2) is 68.3 Å². The van der Waals surface area contributed by atoms with Crippen molar-refractivity contribution < 1.29 is 38.1 Å². The van der Waals surface area contributed by atoms with E-state index in [0.29, 0.717) is 5.52 Å². The van der Waals surface area contributed by atoms with Crippen LogP contribution in [0, 0.1) is 5.92 Å². The number of aromatic nitrogens is 3. The summed E-state index contributed by atoms with van der Waals surface area (Å²) >= 11 is 0. The van der Waals surface area contributed by atoms with Gasteiger partial charge in [0.05, 0.1) is 32.1 Å². The molecule has 1 saturated heterocycles. The van der Waals surface area contributed by atoms with E-state index < -0.39 is 43.7 Å². The van der Waals surface area contributed by atoms with Gasteiger partial charge < -0.3 is 25.4 Å². The molecule has 13 nitrogen and oxygen atoms in total. The van der Waals surface area contributed by atoms with Gasteiger partial charge >= 0.3 is 13.7 Å². The molecule has 1 aliphatic rings. The number of nitrogens with one attached hydrogen (secondary N) is 1. The highest BCUT2D eigenvalue weighted by Gasteiger charge is 2.58. The van der Waals surface area contributed by atoms with Gasteiger partial charge in [-0.15, -0.1) is 0 Å².